The zero-order chi connectivity index (χ0) is 28.5. The van der Waals surface area contributed by atoms with Crippen LogP contribution in [0.2, 0.25) is 0 Å². The van der Waals surface area contributed by atoms with Crippen molar-refractivity contribution in [2.24, 2.45) is 17.0 Å². The van der Waals surface area contributed by atoms with Gasteiger partial charge in [0, 0.05) is 17.5 Å². The number of aromatic amines is 1. The molecule has 41 heavy (non-hydrogen) atoms. The third-order valence-corrected chi connectivity index (χ3v) is 10.2. The SMILES string of the molecule is CCc1cc2c(cc1OS(N)(=O)=O)CCC1C2CCC2(C)c3n[nH]c(C(=O)NCc4ccc5c(c4)OCO5)c3CC12. The average Bonchev–Trinajstić information content (AvgIpc) is 3.65. The summed E-state index contributed by atoms with van der Waals surface area (Å²) in [5, 5.41) is 16.0. The van der Waals surface area contributed by atoms with Gasteiger partial charge in [-0.1, -0.05) is 26.0 Å². The first-order chi connectivity index (χ1) is 19.6. The first kappa shape index (κ1) is 26.3. The number of rotatable bonds is 6. The number of amides is 1. The molecule has 0 bridgehead atoms. The maximum absolute atomic E-state index is 13.3. The van der Waals surface area contributed by atoms with Crippen LogP contribution < -0.4 is 24.1 Å². The molecule has 1 aromatic heterocycles. The molecule has 1 amide bonds. The summed E-state index contributed by atoms with van der Waals surface area (Å²) in [5.74, 6) is 2.81. The Labute approximate surface area is 239 Å². The second-order valence-corrected chi connectivity index (χ2v) is 13.1. The molecule has 10 nitrogen and oxygen atoms in total. The van der Waals surface area contributed by atoms with Gasteiger partial charge in [0.1, 0.15) is 11.4 Å². The minimum atomic E-state index is -4.09. The number of hydrogen-bond acceptors (Lipinski definition) is 7. The van der Waals surface area contributed by atoms with Crippen LogP contribution >= 0.6 is 0 Å². The standard InChI is InChI=1S/C30H34N4O6S/c1-3-17-11-21-18(12-25(17)40-41(31,36)37)5-6-20-19(21)8-9-30(2)23(20)13-22-27(33-34-28(22)30)29(35)32-14-16-4-7-24-26(10-16)39-15-38-24/h4,7,10-12,19-20,23H,3,5-6,8-9,13-15H2,1-2H3,(H,32,35)(H,33,34)(H2,31,36,37). The number of hydrogen-bond donors (Lipinski definition) is 3. The summed E-state index contributed by atoms with van der Waals surface area (Å²) in [4.78, 5) is 13.3. The number of aryl methyl sites for hydroxylation is 2. The molecule has 3 aromatic rings. The highest BCUT2D eigenvalue weighted by Gasteiger charge is 2.55. The van der Waals surface area contributed by atoms with Crippen LogP contribution in [0.4, 0.5) is 0 Å². The fraction of sp³-hybridized carbons (Fsp3) is 0.467. The number of nitrogens with zero attached hydrogens (tertiary/aromatic N) is 1. The van der Waals surface area contributed by atoms with Gasteiger partial charge >= 0.3 is 10.3 Å². The van der Waals surface area contributed by atoms with Crippen molar-refractivity contribution in [2.75, 3.05) is 6.79 Å². The molecule has 1 aliphatic heterocycles. The highest BCUT2D eigenvalue weighted by atomic mass is 32.2. The maximum atomic E-state index is 13.3. The Hall–Kier alpha value is -3.57. The lowest BCUT2D eigenvalue weighted by atomic mass is 9.55. The summed E-state index contributed by atoms with van der Waals surface area (Å²) in [6.07, 6.45) is 5.31. The monoisotopic (exact) mass is 578 g/mol. The number of carbonyl (C=O) groups excluding carboxylic acids is 1. The van der Waals surface area contributed by atoms with Crippen molar-refractivity contribution in [3.8, 4) is 17.2 Å². The molecule has 4 atom stereocenters. The van der Waals surface area contributed by atoms with Gasteiger partial charge < -0.3 is 19.0 Å². The van der Waals surface area contributed by atoms with Gasteiger partial charge in [-0.25, -0.2) is 0 Å². The van der Waals surface area contributed by atoms with Crippen molar-refractivity contribution in [2.45, 2.75) is 70.3 Å². The fourth-order valence-electron chi connectivity index (χ4n) is 7.88. The van der Waals surface area contributed by atoms with Crippen molar-refractivity contribution in [3.63, 3.8) is 0 Å². The second kappa shape index (κ2) is 9.49. The number of carbonyl (C=O) groups is 1. The molecule has 2 heterocycles. The Morgan fingerprint density at radius 3 is 2.85 bits per heavy atom. The van der Waals surface area contributed by atoms with Crippen LogP contribution in [0.15, 0.2) is 30.3 Å². The van der Waals surface area contributed by atoms with Gasteiger partial charge in [-0.2, -0.15) is 18.7 Å². The van der Waals surface area contributed by atoms with Gasteiger partial charge in [0.15, 0.2) is 11.5 Å². The number of ether oxygens (including phenoxy) is 2. The Morgan fingerprint density at radius 2 is 2.05 bits per heavy atom. The highest BCUT2D eigenvalue weighted by molar-refractivity contribution is 7.84. The zero-order valence-electron chi connectivity index (χ0n) is 23.2. The molecule has 11 heteroatoms. The average molecular weight is 579 g/mol. The van der Waals surface area contributed by atoms with Crippen molar-refractivity contribution in [1.82, 2.24) is 15.5 Å². The summed E-state index contributed by atoms with van der Waals surface area (Å²) in [6, 6.07) is 9.70. The largest absolute Gasteiger partial charge is 0.454 e. The molecule has 4 unspecified atom stereocenters. The molecule has 1 fully saturated rings. The van der Waals surface area contributed by atoms with Crippen LogP contribution in [0.3, 0.4) is 0 Å². The van der Waals surface area contributed by atoms with Crippen molar-refractivity contribution < 1.29 is 26.9 Å². The number of aromatic nitrogens is 2. The van der Waals surface area contributed by atoms with E-state index in [1.807, 2.05) is 31.2 Å². The van der Waals surface area contributed by atoms with Gasteiger partial charge in [0.25, 0.3) is 5.91 Å². The number of benzene rings is 2. The van der Waals surface area contributed by atoms with Crippen molar-refractivity contribution >= 4 is 16.2 Å². The Bertz CT molecular complexity index is 1670. The van der Waals surface area contributed by atoms with Crippen LogP contribution in [0.1, 0.15) is 83.0 Å². The zero-order valence-corrected chi connectivity index (χ0v) is 24.0. The summed E-state index contributed by atoms with van der Waals surface area (Å²) in [7, 11) is -4.09. The van der Waals surface area contributed by atoms with Crippen LogP contribution in [0.5, 0.6) is 17.2 Å². The highest BCUT2D eigenvalue weighted by Crippen LogP contribution is 2.60. The minimum absolute atomic E-state index is 0.0926. The van der Waals surface area contributed by atoms with Crippen LogP contribution in [0, 0.1) is 11.8 Å². The molecular formula is C30H34N4O6S. The van der Waals surface area contributed by atoms with E-state index >= 15 is 0 Å². The minimum Gasteiger partial charge on any atom is -0.454 e. The van der Waals surface area contributed by atoms with Crippen LogP contribution in [-0.2, 0) is 41.5 Å². The van der Waals surface area contributed by atoms with E-state index in [2.05, 4.69) is 23.4 Å². The van der Waals surface area contributed by atoms with E-state index in [0.29, 0.717) is 53.7 Å². The van der Waals surface area contributed by atoms with Gasteiger partial charge in [-0.15, -0.1) is 0 Å². The van der Waals surface area contributed by atoms with Gasteiger partial charge in [-0.05, 0) is 96.7 Å². The second-order valence-electron chi connectivity index (χ2n) is 12.0. The number of H-pyrrole nitrogens is 1. The molecule has 216 valence electrons. The fourth-order valence-corrected chi connectivity index (χ4v) is 8.29. The first-order valence-corrected chi connectivity index (χ1v) is 15.7. The summed E-state index contributed by atoms with van der Waals surface area (Å²) in [5.41, 5.74) is 6.77. The van der Waals surface area contributed by atoms with Gasteiger partial charge in [-0.3, -0.25) is 9.89 Å². The topological polar surface area (TPSA) is 146 Å². The number of nitrogens with one attached hydrogen (secondary N) is 2. The van der Waals surface area contributed by atoms with Gasteiger partial charge in [0.2, 0.25) is 6.79 Å². The summed E-state index contributed by atoms with van der Waals surface area (Å²) in [6.45, 7) is 4.89. The summed E-state index contributed by atoms with van der Waals surface area (Å²) >= 11 is 0. The predicted octanol–water partition coefficient (Wildman–Crippen LogP) is 3.78. The first-order valence-electron chi connectivity index (χ1n) is 14.3. The van der Waals surface area contributed by atoms with E-state index in [0.717, 1.165) is 60.1 Å². The lowest BCUT2D eigenvalue weighted by Crippen LogP contribution is -2.43. The molecule has 7 rings (SSSR count). The van der Waals surface area contributed by atoms with E-state index in [9.17, 15) is 13.2 Å². The molecular weight excluding hydrogens is 544 g/mol. The Kier molecular flexibility index (Phi) is 6.09. The maximum Gasteiger partial charge on any atom is 0.380 e. The molecule has 0 saturated heterocycles. The molecule has 3 aliphatic carbocycles. The number of fused-ring (bicyclic) bond motifs is 8. The molecule has 2 aromatic carbocycles. The van der Waals surface area contributed by atoms with Crippen LogP contribution in [0.25, 0.3) is 0 Å². The van der Waals surface area contributed by atoms with Crippen molar-refractivity contribution in [1.29, 1.82) is 0 Å². The van der Waals surface area contributed by atoms with Crippen molar-refractivity contribution in [3.05, 3.63) is 69.5 Å². The van der Waals surface area contributed by atoms with Gasteiger partial charge in [0.05, 0.1) is 5.69 Å². The van der Waals surface area contributed by atoms with E-state index in [1.54, 1.807) is 0 Å². The van der Waals surface area contributed by atoms with E-state index in [-0.39, 0.29) is 18.1 Å². The normalized spacial score (nSPS) is 25.6. The lowest BCUT2D eigenvalue weighted by molar-refractivity contribution is 0.0937. The third-order valence-electron chi connectivity index (χ3n) is 9.83. The quantitative estimate of drug-likeness (QED) is 0.404. The Balaban J connectivity index is 1.12. The third kappa shape index (κ3) is 4.37. The molecule has 0 spiro atoms. The van der Waals surface area contributed by atoms with E-state index < -0.39 is 10.3 Å². The smallest absolute Gasteiger partial charge is 0.380 e. The number of nitrogens with two attached hydrogens (primary N) is 1. The van der Waals surface area contributed by atoms with E-state index in [1.165, 1.54) is 5.56 Å². The molecule has 4 aliphatic rings. The molecule has 4 N–H and O–H groups in total. The lowest BCUT2D eigenvalue weighted by Gasteiger charge is -2.49. The Morgan fingerprint density at radius 1 is 1.22 bits per heavy atom. The van der Waals surface area contributed by atoms with E-state index in [4.69, 9.17) is 23.9 Å². The molecule has 0 radical (unpaired) electrons. The summed E-state index contributed by atoms with van der Waals surface area (Å²) < 4.78 is 39.3. The predicted molar refractivity (Wildman–Crippen MR) is 150 cm³/mol. The van der Waals surface area contributed by atoms with Crippen LogP contribution in [-0.4, -0.2) is 31.3 Å². The molecule has 1 saturated carbocycles.